The van der Waals surface area contributed by atoms with E-state index in [9.17, 15) is 4.79 Å². The van der Waals surface area contributed by atoms with Crippen molar-refractivity contribution in [1.29, 1.82) is 0 Å². The number of fused-ring (bicyclic) bond motifs is 1. The number of carbonyl (C=O) groups excluding carboxylic acids is 1. The van der Waals surface area contributed by atoms with Gasteiger partial charge in [-0.2, -0.15) is 0 Å². The predicted octanol–water partition coefficient (Wildman–Crippen LogP) is 4.48. The van der Waals surface area contributed by atoms with Crippen LogP contribution in [0.1, 0.15) is 21.7 Å². The maximum Gasteiger partial charge on any atom is 0.291 e. The Morgan fingerprint density at radius 3 is 2.93 bits per heavy atom. The highest BCUT2D eigenvalue weighted by Gasteiger charge is 2.20. The molecule has 7 nitrogen and oxygen atoms in total. The molecule has 0 aliphatic carbocycles. The Kier molecular flexibility index (Phi) is 5.14. The summed E-state index contributed by atoms with van der Waals surface area (Å²) < 4.78 is 5.12. The Hall–Kier alpha value is -3.45. The van der Waals surface area contributed by atoms with Gasteiger partial charge in [-0.05, 0) is 36.4 Å². The summed E-state index contributed by atoms with van der Waals surface area (Å²) in [5, 5.41) is 3.36. The fourth-order valence-electron chi connectivity index (χ4n) is 2.90. The third-order valence-electron chi connectivity index (χ3n) is 4.25. The van der Waals surface area contributed by atoms with E-state index in [1.165, 1.54) is 6.26 Å². The van der Waals surface area contributed by atoms with Crippen molar-refractivity contribution in [1.82, 2.24) is 9.88 Å². The number of halogens is 1. The number of anilines is 1. The summed E-state index contributed by atoms with van der Waals surface area (Å²) in [5.74, 6) is 0.567. The van der Waals surface area contributed by atoms with E-state index in [0.717, 1.165) is 22.5 Å². The molecule has 146 valence electrons. The highest BCUT2D eigenvalue weighted by atomic mass is 35.5. The lowest BCUT2D eigenvalue weighted by atomic mass is 10.0. The number of amides is 1. The molecule has 0 unspecified atom stereocenters. The minimum absolute atomic E-state index is 0.238. The van der Waals surface area contributed by atoms with Crippen LogP contribution >= 0.6 is 11.6 Å². The van der Waals surface area contributed by atoms with Crippen molar-refractivity contribution in [2.75, 3.05) is 19.4 Å². The number of furan rings is 1. The molecule has 8 heteroatoms. The highest BCUT2D eigenvalue weighted by molar-refractivity contribution is 6.34. The molecule has 1 amide bonds. The first kappa shape index (κ1) is 18.9. The van der Waals surface area contributed by atoms with Crippen molar-refractivity contribution in [2.24, 2.45) is 9.98 Å². The SMILES string of the molecule is CN(C)C=Nc1cnc2c(c1)CC(c1cc(NC(=O)c3ccco3)ccc1Cl)=N2. The molecule has 0 bridgehead atoms. The van der Waals surface area contributed by atoms with Crippen LogP contribution in [0.25, 0.3) is 0 Å². The average molecular weight is 408 g/mol. The Balaban J connectivity index is 1.56. The summed E-state index contributed by atoms with van der Waals surface area (Å²) in [6.45, 7) is 0. The van der Waals surface area contributed by atoms with Gasteiger partial charge in [0.05, 0.1) is 30.2 Å². The second kappa shape index (κ2) is 7.89. The Bertz CT molecular complexity index is 1120. The number of hydrogen-bond donors (Lipinski definition) is 1. The van der Waals surface area contributed by atoms with Gasteiger partial charge in [-0.3, -0.25) is 4.79 Å². The van der Waals surface area contributed by atoms with Gasteiger partial charge in [0.1, 0.15) is 0 Å². The van der Waals surface area contributed by atoms with Gasteiger partial charge in [0.2, 0.25) is 0 Å². The summed E-state index contributed by atoms with van der Waals surface area (Å²) in [6, 6.07) is 10.5. The predicted molar refractivity (Wildman–Crippen MR) is 114 cm³/mol. The van der Waals surface area contributed by atoms with Crippen LogP contribution < -0.4 is 5.32 Å². The second-order valence-electron chi connectivity index (χ2n) is 6.75. The van der Waals surface area contributed by atoms with Crippen LogP contribution in [-0.2, 0) is 6.42 Å². The van der Waals surface area contributed by atoms with Crippen molar-refractivity contribution in [2.45, 2.75) is 6.42 Å². The van der Waals surface area contributed by atoms with E-state index in [0.29, 0.717) is 22.9 Å². The van der Waals surface area contributed by atoms with Crippen LogP contribution in [0.5, 0.6) is 0 Å². The zero-order valence-corrected chi connectivity index (χ0v) is 16.6. The van der Waals surface area contributed by atoms with Gasteiger partial charge in [-0.25, -0.2) is 15.0 Å². The number of rotatable bonds is 5. The molecule has 0 spiro atoms. The molecule has 0 atom stereocenters. The van der Waals surface area contributed by atoms with Gasteiger partial charge in [-0.15, -0.1) is 0 Å². The third kappa shape index (κ3) is 4.20. The van der Waals surface area contributed by atoms with E-state index in [2.05, 4.69) is 20.3 Å². The van der Waals surface area contributed by atoms with Crippen LogP contribution in [0.4, 0.5) is 17.2 Å². The smallest absolute Gasteiger partial charge is 0.291 e. The number of aromatic nitrogens is 1. The molecule has 1 aliphatic heterocycles. The number of carbonyl (C=O) groups is 1. The first-order valence-electron chi connectivity index (χ1n) is 8.91. The fraction of sp³-hybridized carbons (Fsp3) is 0.143. The summed E-state index contributed by atoms with van der Waals surface area (Å²) in [4.78, 5) is 27.5. The van der Waals surface area contributed by atoms with Gasteiger partial charge in [0, 0.05) is 42.4 Å². The average Bonchev–Trinajstić information content (AvgIpc) is 3.37. The van der Waals surface area contributed by atoms with E-state index < -0.39 is 0 Å². The topological polar surface area (TPSA) is 83.1 Å². The highest BCUT2D eigenvalue weighted by Crippen LogP contribution is 2.32. The molecule has 0 saturated carbocycles. The van der Waals surface area contributed by atoms with Crippen molar-refractivity contribution in [3.05, 3.63) is 70.8 Å². The van der Waals surface area contributed by atoms with E-state index in [1.54, 1.807) is 42.9 Å². The molecule has 1 N–H and O–H groups in total. The molecule has 29 heavy (non-hydrogen) atoms. The van der Waals surface area contributed by atoms with Gasteiger partial charge in [0.25, 0.3) is 5.91 Å². The fourth-order valence-corrected chi connectivity index (χ4v) is 3.13. The molecule has 3 heterocycles. The van der Waals surface area contributed by atoms with Crippen LogP contribution in [0.2, 0.25) is 5.02 Å². The molecule has 4 rings (SSSR count). The number of nitrogens with one attached hydrogen (secondary N) is 1. The zero-order valence-electron chi connectivity index (χ0n) is 15.9. The molecular weight excluding hydrogens is 390 g/mol. The maximum absolute atomic E-state index is 12.2. The monoisotopic (exact) mass is 407 g/mol. The minimum atomic E-state index is -0.329. The lowest BCUT2D eigenvalue weighted by molar-refractivity contribution is 0.0996. The van der Waals surface area contributed by atoms with E-state index in [1.807, 2.05) is 25.1 Å². The third-order valence-corrected chi connectivity index (χ3v) is 4.57. The zero-order chi connectivity index (χ0) is 20.4. The summed E-state index contributed by atoms with van der Waals surface area (Å²) in [5.41, 5.74) is 3.89. The molecule has 3 aromatic rings. The van der Waals surface area contributed by atoms with Crippen molar-refractivity contribution >= 4 is 46.8 Å². The van der Waals surface area contributed by atoms with Gasteiger partial charge in [0.15, 0.2) is 11.6 Å². The Morgan fingerprint density at radius 1 is 1.31 bits per heavy atom. The lowest BCUT2D eigenvalue weighted by Crippen LogP contribution is -2.11. The van der Waals surface area contributed by atoms with Crippen LogP contribution in [0.15, 0.2) is 63.3 Å². The Labute approximate surface area is 172 Å². The molecule has 0 saturated heterocycles. The molecule has 0 fully saturated rings. The van der Waals surface area contributed by atoms with Crippen molar-refractivity contribution in [3.8, 4) is 0 Å². The minimum Gasteiger partial charge on any atom is -0.459 e. The molecule has 0 radical (unpaired) electrons. The summed E-state index contributed by atoms with van der Waals surface area (Å²) in [7, 11) is 3.82. The molecule has 2 aromatic heterocycles. The molecular formula is C21H18ClN5O2. The van der Waals surface area contributed by atoms with Gasteiger partial charge in [-0.1, -0.05) is 11.6 Å². The maximum atomic E-state index is 12.2. The van der Waals surface area contributed by atoms with Crippen LogP contribution in [0, 0.1) is 0 Å². The number of aliphatic imine (C=N–C) groups is 2. The van der Waals surface area contributed by atoms with Crippen molar-refractivity contribution < 1.29 is 9.21 Å². The molecule has 1 aliphatic rings. The van der Waals surface area contributed by atoms with Gasteiger partial charge >= 0.3 is 0 Å². The first-order valence-corrected chi connectivity index (χ1v) is 9.29. The Morgan fingerprint density at radius 2 is 2.17 bits per heavy atom. The van der Waals surface area contributed by atoms with E-state index in [-0.39, 0.29) is 11.7 Å². The van der Waals surface area contributed by atoms with Crippen LogP contribution in [0.3, 0.4) is 0 Å². The van der Waals surface area contributed by atoms with E-state index in [4.69, 9.17) is 16.0 Å². The molecule has 1 aromatic carbocycles. The number of hydrogen-bond acceptors (Lipinski definition) is 5. The second-order valence-corrected chi connectivity index (χ2v) is 7.15. The first-order chi connectivity index (χ1) is 14.0. The lowest BCUT2D eigenvalue weighted by Gasteiger charge is -2.08. The number of pyridine rings is 1. The van der Waals surface area contributed by atoms with Crippen LogP contribution in [-0.4, -0.2) is 41.9 Å². The number of nitrogens with zero attached hydrogens (tertiary/aromatic N) is 4. The van der Waals surface area contributed by atoms with Crippen molar-refractivity contribution in [3.63, 3.8) is 0 Å². The summed E-state index contributed by atoms with van der Waals surface area (Å²) in [6.07, 6.45) is 5.45. The normalized spacial score (nSPS) is 12.7. The standard InChI is InChI=1S/C21H18ClN5O2/c1-27(2)12-24-15-8-13-9-18(26-20(13)23-11-15)16-10-14(5-6-17(16)22)25-21(28)19-4-3-7-29-19/h3-8,10-12H,9H2,1-2H3,(H,25,28). The van der Waals surface area contributed by atoms with Gasteiger partial charge < -0.3 is 14.6 Å². The quantitative estimate of drug-likeness (QED) is 0.499. The van der Waals surface area contributed by atoms with E-state index >= 15 is 0 Å². The number of benzene rings is 1. The summed E-state index contributed by atoms with van der Waals surface area (Å²) >= 11 is 6.41. The largest absolute Gasteiger partial charge is 0.459 e.